The van der Waals surface area contributed by atoms with E-state index in [2.05, 4.69) is 27.4 Å². The lowest BCUT2D eigenvalue weighted by atomic mass is 9.90. The highest BCUT2D eigenvalue weighted by molar-refractivity contribution is 5.94. The van der Waals surface area contributed by atoms with E-state index >= 15 is 0 Å². The standard InChI is InChI=1S/C22H21N3O/c26-22(19-8-7-16-4-1-2-5-18(16)14-19)25-15-20-6-3-11-24-21(20)17-9-12-23-13-10-17/h3,6-14H,1-2,4-5,15H2,(H,25,26). The zero-order valence-corrected chi connectivity index (χ0v) is 14.6. The third kappa shape index (κ3) is 3.49. The zero-order chi connectivity index (χ0) is 17.8. The van der Waals surface area contributed by atoms with Gasteiger partial charge in [-0.2, -0.15) is 0 Å². The molecule has 1 aliphatic rings. The van der Waals surface area contributed by atoms with E-state index in [-0.39, 0.29) is 5.91 Å². The Morgan fingerprint density at radius 1 is 0.962 bits per heavy atom. The molecule has 3 aromatic rings. The number of fused-ring (bicyclic) bond motifs is 1. The molecule has 130 valence electrons. The van der Waals surface area contributed by atoms with Crippen molar-refractivity contribution in [1.29, 1.82) is 0 Å². The number of amides is 1. The Bertz CT molecular complexity index is 922. The van der Waals surface area contributed by atoms with Gasteiger partial charge in [0.15, 0.2) is 0 Å². The molecule has 1 aromatic carbocycles. The second kappa shape index (κ2) is 7.48. The fraction of sp³-hybridized carbons (Fsp3) is 0.227. The van der Waals surface area contributed by atoms with E-state index in [1.54, 1.807) is 18.6 Å². The molecule has 0 spiro atoms. The minimum Gasteiger partial charge on any atom is -0.348 e. The summed E-state index contributed by atoms with van der Waals surface area (Å²) in [7, 11) is 0. The van der Waals surface area contributed by atoms with Crippen molar-refractivity contribution in [3.8, 4) is 11.3 Å². The third-order valence-electron chi connectivity index (χ3n) is 4.90. The molecule has 0 fully saturated rings. The van der Waals surface area contributed by atoms with Crippen LogP contribution in [0.25, 0.3) is 11.3 Å². The molecule has 4 rings (SSSR count). The smallest absolute Gasteiger partial charge is 0.251 e. The summed E-state index contributed by atoms with van der Waals surface area (Å²) in [5, 5.41) is 3.04. The van der Waals surface area contributed by atoms with Gasteiger partial charge in [-0.15, -0.1) is 0 Å². The monoisotopic (exact) mass is 343 g/mol. The zero-order valence-electron chi connectivity index (χ0n) is 14.6. The van der Waals surface area contributed by atoms with Gasteiger partial charge in [0.05, 0.1) is 5.69 Å². The molecule has 0 atom stereocenters. The Balaban J connectivity index is 1.50. The lowest BCUT2D eigenvalue weighted by Crippen LogP contribution is -2.23. The fourth-order valence-corrected chi connectivity index (χ4v) is 3.50. The Morgan fingerprint density at radius 3 is 2.62 bits per heavy atom. The molecule has 1 amide bonds. The van der Waals surface area contributed by atoms with Crippen LogP contribution in [-0.2, 0) is 19.4 Å². The van der Waals surface area contributed by atoms with E-state index in [4.69, 9.17) is 0 Å². The van der Waals surface area contributed by atoms with Crippen molar-refractivity contribution in [2.75, 3.05) is 0 Å². The summed E-state index contributed by atoms with van der Waals surface area (Å²) in [6, 6.07) is 13.8. The van der Waals surface area contributed by atoms with Gasteiger partial charge in [-0.05, 0) is 72.7 Å². The number of hydrogen-bond donors (Lipinski definition) is 1. The average molecular weight is 343 g/mol. The number of nitrogens with one attached hydrogen (secondary N) is 1. The molecule has 4 nitrogen and oxygen atoms in total. The van der Waals surface area contributed by atoms with E-state index in [0.29, 0.717) is 6.54 Å². The number of rotatable bonds is 4. The van der Waals surface area contributed by atoms with Gasteiger partial charge in [-0.1, -0.05) is 12.1 Å². The van der Waals surface area contributed by atoms with Gasteiger partial charge in [-0.3, -0.25) is 14.8 Å². The van der Waals surface area contributed by atoms with Crippen molar-refractivity contribution in [3.05, 3.63) is 83.3 Å². The van der Waals surface area contributed by atoms with E-state index in [9.17, 15) is 4.79 Å². The van der Waals surface area contributed by atoms with Gasteiger partial charge >= 0.3 is 0 Å². The lowest BCUT2D eigenvalue weighted by Gasteiger charge is -2.16. The predicted molar refractivity (Wildman–Crippen MR) is 102 cm³/mol. The number of aromatic nitrogens is 2. The Hall–Kier alpha value is -3.01. The minimum atomic E-state index is -0.0390. The van der Waals surface area contributed by atoms with Gasteiger partial charge in [0.2, 0.25) is 0 Å². The topological polar surface area (TPSA) is 54.9 Å². The van der Waals surface area contributed by atoms with Crippen LogP contribution in [0.5, 0.6) is 0 Å². The van der Waals surface area contributed by atoms with Crippen molar-refractivity contribution >= 4 is 5.91 Å². The van der Waals surface area contributed by atoms with Gasteiger partial charge in [0.25, 0.3) is 5.91 Å². The maximum Gasteiger partial charge on any atom is 0.251 e. The number of nitrogens with zero attached hydrogens (tertiary/aromatic N) is 2. The molecular formula is C22H21N3O. The normalized spacial score (nSPS) is 13.1. The molecular weight excluding hydrogens is 322 g/mol. The first-order valence-corrected chi connectivity index (χ1v) is 9.05. The highest BCUT2D eigenvalue weighted by Crippen LogP contribution is 2.23. The Morgan fingerprint density at radius 2 is 1.77 bits per heavy atom. The molecule has 0 bridgehead atoms. The van der Waals surface area contributed by atoms with Gasteiger partial charge in [0, 0.05) is 36.3 Å². The summed E-state index contributed by atoms with van der Waals surface area (Å²) < 4.78 is 0. The van der Waals surface area contributed by atoms with Crippen LogP contribution in [0.15, 0.2) is 61.1 Å². The van der Waals surface area contributed by atoms with Crippen molar-refractivity contribution < 1.29 is 4.79 Å². The number of aryl methyl sites for hydroxylation is 2. The van der Waals surface area contributed by atoms with Crippen LogP contribution in [0, 0.1) is 0 Å². The van der Waals surface area contributed by atoms with Crippen LogP contribution < -0.4 is 5.32 Å². The van der Waals surface area contributed by atoms with E-state index in [0.717, 1.165) is 35.2 Å². The second-order valence-electron chi connectivity index (χ2n) is 6.62. The maximum atomic E-state index is 12.6. The molecule has 4 heteroatoms. The SMILES string of the molecule is O=C(NCc1cccnc1-c1ccncc1)c1ccc2c(c1)CCCC2. The van der Waals surface area contributed by atoms with E-state index in [1.807, 2.05) is 30.3 Å². The lowest BCUT2D eigenvalue weighted by molar-refractivity contribution is 0.0951. The van der Waals surface area contributed by atoms with Gasteiger partial charge in [-0.25, -0.2) is 0 Å². The summed E-state index contributed by atoms with van der Waals surface area (Å²) in [6.45, 7) is 0.446. The number of pyridine rings is 2. The van der Waals surface area contributed by atoms with Gasteiger partial charge in [0.1, 0.15) is 0 Å². The average Bonchev–Trinajstić information content (AvgIpc) is 2.72. The number of carbonyl (C=O) groups is 1. The number of carbonyl (C=O) groups excluding carboxylic acids is 1. The van der Waals surface area contributed by atoms with E-state index < -0.39 is 0 Å². The summed E-state index contributed by atoms with van der Waals surface area (Å²) in [6.07, 6.45) is 9.93. The molecule has 2 aromatic heterocycles. The highest BCUT2D eigenvalue weighted by Gasteiger charge is 2.13. The quantitative estimate of drug-likeness (QED) is 0.780. The third-order valence-corrected chi connectivity index (χ3v) is 4.90. The molecule has 0 saturated carbocycles. The van der Waals surface area contributed by atoms with Crippen LogP contribution in [-0.4, -0.2) is 15.9 Å². The first-order valence-electron chi connectivity index (χ1n) is 9.05. The molecule has 26 heavy (non-hydrogen) atoms. The fourth-order valence-electron chi connectivity index (χ4n) is 3.50. The molecule has 2 heterocycles. The van der Waals surface area contributed by atoms with Crippen LogP contribution >= 0.6 is 0 Å². The summed E-state index contributed by atoms with van der Waals surface area (Å²) >= 11 is 0. The van der Waals surface area contributed by atoms with Crippen molar-refractivity contribution in [1.82, 2.24) is 15.3 Å². The van der Waals surface area contributed by atoms with Crippen LogP contribution in [0.3, 0.4) is 0 Å². The first-order chi connectivity index (χ1) is 12.8. The van der Waals surface area contributed by atoms with Crippen LogP contribution in [0.2, 0.25) is 0 Å². The van der Waals surface area contributed by atoms with Crippen molar-refractivity contribution in [2.24, 2.45) is 0 Å². The first kappa shape index (κ1) is 16.5. The molecule has 0 aliphatic heterocycles. The van der Waals surface area contributed by atoms with Crippen molar-refractivity contribution in [2.45, 2.75) is 32.2 Å². The number of hydrogen-bond acceptors (Lipinski definition) is 3. The molecule has 1 N–H and O–H groups in total. The maximum absolute atomic E-state index is 12.6. The summed E-state index contributed by atoms with van der Waals surface area (Å²) in [5.41, 5.74) is 6.31. The largest absolute Gasteiger partial charge is 0.348 e. The minimum absolute atomic E-state index is 0.0390. The molecule has 0 unspecified atom stereocenters. The summed E-state index contributed by atoms with van der Waals surface area (Å²) in [4.78, 5) is 21.1. The molecule has 1 aliphatic carbocycles. The molecule has 0 radical (unpaired) electrons. The second-order valence-corrected chi connectivity index (χ2v) is 6.62. The van der Waals surface area contributed by atoms with Crippen molar-refractivity contribution in [3.63, 3.8) is 0 Å². The van der Waals surface area contributed by atoms with Gasteiger partial charge < -0.3 is 5.32 Å². The highest BCUT2D eigenvalue weighted by atomic mass is 16.1. The van der Waals surface area contributed by atoms with Crippen LogP contribution in [0.4, 0.5) is 0 Å². The van der Waals surface area contributed by atoms with E-state index in [1.165, 1.54) is 24.0 Å². The van der Waals surface area contributed by atoms with Crippen LogP contribution in [0.1, 0.15) is 39.9 Å². The molecule has 0 saturated heterocycles. The number of benzene rings is 1. The summed E-state index contributed by atoms with van der Waals surface area (Å²) in [5.74, 6) is -0.0390. The Labute approximate surface area is 153 Å². The predicted octanol–water partition coefficient (Wildman–Crippen LogP) is 3.95. The Kier molecular flexibility index (Phi) is 4.73.